The Kier molecular flexibility index (Phi) is 4.90. The largest absolute Gasteiger partial charge is 0.484 e. The van der Waals surface area contributed by atoms with E-state index in [-0.39, 0.29) is 18.0 Å². The molecule has 0 spiro atoms. The minimum absolute atomic E-state index is 0.131. The summed E-state index contributed by atoms with van der Waals surface area (Å²) in [5.41, 5.74) is 2.68. The van der Waals surface area contributed by atoms with Crippen LogP contribution in [0.1, 0.15) is 0 Å². The molecule has 1 heterocycles. The van der Waals surface area contributed by atoms with Crippen LogP contribution in [0.15, 0.2) is 72.8 Å². The Bertz CT molecular complexity index is 1150. The lowest BCUT2D eigenvalue weighted by Gasteiger charge is -2.08. The van der Waals surface area contributed by atoms with Crippen LogP contribution in [0.25, 0.3) is 22.4 Å². The Hall–Kier alpha value is -4.20. The van der Waals surface area contributed by atoms with Gasteiger partial charge in [0.1, 0.15) is 17.3 Å². The molecule has 0 bridgehead atoms. The number of para-hydroxylation sites is 4. The van der Waals surface area contributed by atoms with E-state index in [0.717, 1.165) is 22.4 Å². The molecule has 4 rings (SSSR count). The number of hydrogen-bond donors (Lipinski definition) is 2. The lowest BCUT2D eigenvalue weighted by Crippen LogP contribution is -2.20. The monoisotopic (exact) mass is 388 g/mol. The van der Waals surface area contributed by atoms with Gasteiger partial charge in [0.05, 0.1) is 16.0 Å². The molecule has 0 atom stereocenters. The molecule has 8 heteroatoms. The van der Waals surface area contributed by atoms with Gasteiger partial charge in [-0.3, -0.25) is 14.9 Å². The molecule has 8 nitrogen and oxygen atoms in total. The number of ether oxygens (including phenoxy) is 1. The predicted octanol–water partition coefficient (Wildman–Crippen LogP) is 4.16. The van der Waals surface area contributed by atoms with Gasteiger partial charge in [0.15, 0.2) is 6.61 Å². The summed E-state index contributed by atoms with van der Waals surface area (Å²) in [5, 5.41) is 13.5. The number of fused-ring (bicyclic) bond motifs is 1. The summed E-state index contributed by atoms with van der Waals surface area (Å²) < 4.78 is 5.48. The SMILES string of the molecule is O=C(COc1ccc(-c2nc3ccccc3[nH]2)cc1)Nc1ccccc1[N+](=O)[O-]. The summed E-state index contributed by atoms with van der Waals surface area (Å²) in [7, 11) is 0. The van der Waals surface area contributed by atoms with Crippen LogP contribution in [0.4, 0.5) is 11.4 Å². The molecule has 0 saturated carbocycles. The van der Waals surface area contributed by atoms with E-state index < -0.39 is 10.8 Å². The lowest BCUT2D eigenvalue weighted by atomic mass is 10.2. The average molecular weight is 388 g/mol. The molecular formula is C21H16N4O4. The second-order valence-corrected chi connectivity index (χ2v) is 6.24. The van der Waals surface area contributed by atoms with E-state index >= 15 is 0 Å². The Morgan fingerprint density at radius 1 is 1.03 bits per heavy atom. The van der Waals surface area contributed by atoms with Crippen molar-refractivity contribution >= 4 is 28.3 Å². The van der Waals surface area contributed by atoms with Crippen LogP contribution in [0.3, 0.4) is 0 Å². The van der Waals surface area contributed by atoms with Crippen LogP contribution in [-0.2, 0) is 4.79 Å². The third-order valence-corrected chi connectivity index (χ3v) is 4.26. The van der Waals surface area contributed by atoms with E-state index in [1.54, 1.807) is 18.2 Å². The first-order valence-corrected chi connectivity index (χ1v) is 8.81. The number of benzene rings is 3. The number of aromatic nitrogens is 2. The van der Waals surface area contributed by atoms with Crippen LogP contribution in [0, 0.1) is 10.1 Å². The fourth-order valence-corrected chi connectivity index (χ4v) is 2.87. The number of nitro benzene ring substituents is 1. The van der Waals surface area contributed by atoms with Gasteiger partial charge in [-0.1, -0.05) is 24.3 Å². The zero-order chi connectivity index (χ0) is 20.2. The number of imidazole rings is 1. The van der Waals surface area contributed by atoms with Crippen LogP contribution in [0.2, 0.25) is 0 Å². The van der Waals surface area contributed by atoms with Crippen molar-refractivity contribution in [3.05, 3.63) is 82.9 Å². The number of nitro groups is 1. The fourth-order valence-electron chi connectivity index (χ4n) is 2.87. The van der Waals surface area contributed by atoms with Gasteiger partial charge >= 0.3 is 0 Å². The van der Waals surface area contributed by atoms with E-state index in [9.17, 15) is 14.9 Å². The first-order valence-electron chi connectivity index (χ1n) is 8.81. The molecule has 0 aliphatic heterocycles. The third-order valence-electron chi connectivity index (χ3n) is 4.26. The molecular weight excluding hydrogens is 372 g/mol. The number of nitrogens with zero attached hydrogens (tertiary/aromatic N) is 2. The zero-order valence-electron chi connectivity index (χ0n) is 15.2. The molecule has 0 aliphatic carbocycles. The van der Waals surface area contributed by atoms with Crippen LogP contribution in [-0.4, -0.2) is 27.4 Å². The maximum atomic E-state index is 12.1. The molecule has 4 aromatic rings. The molecule has 0 aliphatic rings. The molecule has 3 aromatic carbocycles. The minimum atomic E-state index is -0.548. The molecule has 144 valence electrons. The summed E-state index contributed by atoms with van der Waals surface area (Å²) in [4.78, 5) is 30.3. The quantitative estimate of drug-likeness (QED) is 0.381. The van der Waals surface area contributed by atoms with Gasteiger partial charge in [-0.15, -0.1) is 0 Å². The van der Waals surface area contributed by atoms with Gasteiger partial charge in [0.25, 0.3) is 11.6 Å². The second-order valence-electron chi connectivity index (χ2n) is 6.24. The minimum Gasteiger partial charge on any atom is -0.484 e. The number of nitrogens with one attached hydrogen (secondary N) is 2. The Morgan fingerprint density at radius 2 is 1.76 bits per heavy atom. The molecule has 1 aromatic heterocycles. The average Bonchev–Trinajstić information content (AvgIpc) is 3.17. The standard InChI is InChI=1S/C21H16N4O4/c26-20(22-18-7-3-4-8-19(18)25(27)28)13-29-15-11-9-14(10-12-15)21-23-16-5-1-2-6-17(16)24-21/h1-12H,13H2,(H,22,26)(H,23,24). The number of carbonyl (C=O) groups excluding carboxylic acids is 1. The summed E-state index contributed by atoms with van der Waals surface area (Å²) in [6.07, 6.45) is 0. The van der Waals surface area contributed by atoms with Crippen molar-refractivity contribution in [2.75, 3.05) is 11.9 Å². The van der Waals surface area contributed by atoms with Gasteiger partial charge in [-0.2, -0.15) is 0 Å². The van der Waals surface area contributed by atoms with Gasteiger partial charge in [0.2, 0.25) is 0 Å². The van der Waals surface area contributed by atoms with Crippen molar-refractivity contribution in [3.8, 4) is 17.1 Å². The summed E-state index contributed by atoms with van der Waals surface area (Å²) in [6, 6.07) is 20.9. The molecule has 1 amide bonds. The Labute approximate surface area is 165 Å². The van der Waals surface area contributed by atoms with Gasteiger partial charge in [-0.25, -0.2) is 4.98 Å². The highest BCUT2D eigenvalue weighted by atomic mass is 16.6. The van der Waals surface area contributed by atoms with Crippen molar-refractivity contribution in [1.29, 1.82) is 0 Å². The normalized spacial score (nSPS) is 10.6. The predicted molar refractivity (Wildman–Crippen MR) is 109 cm³/mol. The third kappa shape index (κ3) is 4.06. The molecule has 29 heavy (non-hydrogen) atoms. The van der Waals surface area contributed by atoms with Gasteiger partial charge in [0, 0.05) is 11.6 Å². The van der Waals surface area contributed by atoms with Crippen LogP contribution >= 0.6 is 0 Å². The fraction of sp³-hybridized carbons (Fsp3) is 0.0476. The number of aromatic amines is 1. The number of hydrogen-bond acceptors (Lipinski definition) is 5. The smallest absolute Gasteiger partial charge is 0.292 e. The van der Waals surface area contributed by atoms with Crippen molar-refractivity contribution < 1.29 is 14.5 Å². The first-order chi connectivity index (χ1) is 14.1. The first kappa shape index (κ1) is 18.2. The number of anilines is 1. The summed E-state index contributed by atoms with van der Waals surface area (Å²) >= 11 is 0. The number of carbonyl (C=O) groups is 1. The molecule has 2 N–H and O–H groups in total. The highest BCUT2D eigenvalue weighted by Gasteiger charge is 2.15. The molecule has 0 fully saturated rings. The summed E-state index contributed by atoms with van der Waals surface area (Å²) in [5.74, 6) is 0.759. The highest BCUT2D eigenvalue weighted by Crippen LogP contribution is 2.24. The van der Waals surface area contributed by atoms with Gasteiger partial charge in [-0.05, 0) is 42.5 Å². The van der Waals surface area contributed by atoms with E-state index in [1.807, 2.05) is 36.4 Å². The number of amides is 1. The number of H-pyrrole nitrogens is 1. The van der Waals surface area contributed by atoms with E-state index in [0.29, 0.717) is 5.75 Å². The summed E-state index contributed by atoms with van der Waals surface area (Å²) in [6.45, 7) is -0.268. The molecule has 0 saturated heterocycles. The highest BCUT2D eigenvalue weighted by molar-refractivity contribution is 5.94. The van der Waals surface area contributed by atoms with E-state index in [2.05, 4.69) is 15.3 Å². The topological polar surface area (TPSA) is 110 Å². The van der Waals surface area contributed by atoms with Crippen LogP contribution in [0.5, 0.6) is 5.75 Å². The zero-order valence-corrected chi connectivity index (χ0v) is 15.2. The van der Waals surface area contributed by atoms with Crippen molar-refractivity contribution in [2.24, 2.45) is 0 Å². The molecule has 0 unspecified atom stereocenters. The lowest BCUT2D eigenvalue weighted by molar-refractivity contribution is -0.383. The van der Waals surface area contributed by atoms with Crippen LogP contribution < -0.4 is 10.1 Å². The maximum Gasteiger partial charge on any atom is 0.292 e. The Morgan fingerprint density at radius 3 is 2.52 bits per heavy atom. The van der Waals surface area contributed by atoms with Crippen molar-refractivity contribution in [2.45, 2.75) is 0 Å². The van der Waals surface area contributed by atoms with E-state index in [1.165, 1.54) is 18.2 Å². The molecule has 0 radical (unpaired) electrons. The maximum absolute atomic E-state index is 12.1. The van der Waals surface area contributed by atoms with Crippen molar-refractivity contribution in [3.63, 3.8) is 0 Å². The number of rotatable bonds is 6. The second kappa shape index (κ2) is 7.81. The van der Waals surface area contributed by atoms with E-state index in [4.69, 9.17) is 4.74 Å². The van der Waals surface area contributed by atoms with Gasteiger partial charge < -0.3 is 15.0 Å². The van der Waals surface area contributed by atoms with Crippen molar-refractivity contribution in [1.82, 2.24) is 9.97 Å². The Balaban J connectivity index is 1.39.